The SMILES string of the molecule is CC(C)(C)OC(=O)COc1ccc(C(F)(F)F)cc1CN1CCCNCC1. The third-order valence-corrected chi connectivity index (χ3v) is 3.98. The summed E-state index contributed by atoms with van der Waals surface area (Å²) in [6, 6.07) is 3.35. The van der Waals surface area contributed by atoms with Gasteiger partial charge in [0.25, 0.3) is 0 Å². The van der Waals surface area contributed by atoms with E-state index in [4.69, 9.17) is 9.47 Å². The molecule has 1 heterocycles. The fourth-order valence-electron chi connectivity index (χ4n) is 2.83. The summed E-state index contributed by atoms with van der Waals surface area (Å²) in [6.45, 7) is 8.39. The lowest BCUT2D eigenvalue weighted by Gasteiger charge is -2.23. The van der Waals surface area contributed by atoms with Crippen molar-refractivity contribution in [3.63, 3.8) is 0 Å². The highest BCUT2D eigenvalue weighted by molar-refractivity contribution is 5.71. The number of carbonyl (C=O) groups is 1. The smallest absolute Gasteiger partial charge is 0.416 e. The topological polar surface area (TPSA) is 50.8 Å². The van der Waals surface area contributed by atoms with E-state index >= 15 is 0 Å². The highest BCUT2D eigenvalue weighted by Gasteiger charge is 2.31. The number of nitrogens with zero attached hydrogens (tertiary/aromatic N) is 1. The maximum Gasteiger partial charge on any atom is 0.416 e. The second-order valence-electron chi connectivity index (χ2n) is 7.58. The molecule has 1 aromatic carbocycles. The molecule has 152 valence electrons. The van der Waals surface area contributed by atoms with E-state index in [0.29, 0.717) is 12.1 Å². The van der Waals surface area contributed by atoms with Crippen LogP contribution in [0.3, 0.4) is 0 Å². The summed E-state index contributed by atoms with van der Waals surface area (Å²) in [5.74, 6) is -0.293. The van der Waals surface area contributed by atoms with Crippen LogP contribution in [0.1, 0.15) is 38.3 Å². The number of ether oxygens (including phenoxy) is 2. The Balaban J connectivity index is 2.15. The van der Waals surface area contributed by atoms with Gasteiger partial charge < -0.3 is 14.8 Å². The van der Waals surface area contributed by atoms with Crippen molar-refractivity contribution in [1.29, 1.82) is 0 Å². The molecule has 0 aliphatic carbocycles. The normalized spacial score (nSPS) is 16.7. The Kier molecular flexibility index (Phi) is 7.11. The van der Waals surface area contributed by atoms with Gasteiger partial charge in [-0.2, -0.15) is 13.2 Å². The lowest BCUT2D eigenvalue weighted by Crippen LogP contribution is -2.29. The fourth-order valence-corrected chi connectivity index (χ4v) is 2.83. The Morgan fingerprint density at radius 2 is 1.93 bits per heavy atom. The largest absolute Gasteiger partial charge is 0.482 e. The number of halogens is 3. The third-order valence-electron chi connectivity index (χ3n) is 3.98. The second kappa shape index (κ2) is 8.93. The van der Waals surface area contributed by atoms with Gasteiger partial charge in [-0.3, -0.25) is 4.90 Å². The van der Waals surface area contributed by atoms with Gasteiger partial charge in [-0.15, -0.1) is 0 Å². The Morgan fingerprint density at radius 3 is 2.59 bits per heavy atom. The van der Waals surface area contributed by atoms with Crippen LogP contribution in [0.4, 0.5) is 13.2 Å². The molecule has 27 heavy (non-hydrogen) atoms. The van der Waals surface area contributed by atoms with Crippen molar-refractivity contribution in [3.05, 3.63) is 29.3 Å². The molecule has 2 rings (SSSR count). The van der Waals surface area contributed by atoms with Crippen molar-refractivity contribution < 1.29 is 27.4 Å². The molecule has 1 aromatic rings. The molecule has 0 amide bonds. The number of hydrogen-bond donors (Lipinski definition) is 1. The number of nitrogens with one attached hydrogen (secondary N) is 1. The summed E-state index contributed by atoms with van der Waals surface area (Å²) < 4.78 is 50.0. The van der Waals surface area contributed by atoms with Crippen LogP contribution in [0, 0.1) is 0 Å². The number of hydrogen-bond acceptors (Lipinski definition) is 5. The summed E-state index contributed by atoms with van der Waals surface area (Å²) in [5.41, 5.74) is -0.965. The molecule has 0 unspecified atom stereocenters. The van der Waals surface area contributed by atoms with E-state index in [9.17, 15) is 18.0 Å². The Bertz CT molecular complexity index is 634. The standard InChI is InChI=1S/C19H27F3N2O3/c1-18(2,3)27-17(25)13-26-16-6-5-15(19(20,21)22)11-14(16)12-24-9-4-7-23-8-10-24/h5-6,11,23H,4,7-10,12-13H2,1-3H3. The molecule has 1 aliphatic heterocycles. The number of carbonyl (C=O) groups excluding carboxylic acids is 1. The van der Waals surface area contributed by atoms with E-state index in [0.717, 1.165) is 44.7 Å². The zero-order valence-corrected chi connectivity index (χ0v) is 16.0. The van der Waals surface area contributed by atoms with Crippen molar-refractivity contribution in [2.45, 2.75) is 45.5 Å². The molecule has 8 heteroatoms. The van der Waals surface area contributed by atoms with Crippen LogP contribution in [-0.4, -0.2) is 49.3 Å². The van der Waals surface area contributed by atoms with Crippen molar-refractivity contribution in [3.8, 4) is 5.75 Å². The van der Waals surface area contributed by atoms with Gasteiger partial charge in [0.15, 0.2) is 6.61 Å². The molecule has 0 radical (unpaired) electrons. The van der Waals surface area contributed by atoms with Gasteiger partial charge in [-0.05, 0) is 58.5 Å². The molecule has 0 aromatic heterocycles. The number of benzene rings is 1. The summed E-state index contributed by atoms with van der Waals surface area (Å²) in [6.07, 6.45) is -3.51. The average molecular weight is 388 g/mol. The molecule has 0 bridgehead atoms. The van der Waals surface area contributed by atoms with Gasteiger partial charge in [0.05, 0.1) is 5.56 Å². The summed E-state index contributed by atoms with van der Waals surface area (Å²) in [5, 5.41) is 3.26. The van der Waals surface area contributed by atoms with Crippen molar-refractivity contribution >= 4 is 5.97 Å². The van der Waals surface area contributed by atoms with E-state index in [1.807, 2.05) is 0 Å². The first-order valence-electron chi connectivity index (χ1n) is 9.02. The maximum atomic E-state index is 13.1. The zero-order valence-electron chi connectivity index (χ0n) is 16.0. The van der Waals surface area contributed by atoms with Gasteiger partial charge in [0, 0.05) is 25.2 Å². The average Bonchev–Trinajstić information content (AvgIpc) is 2.79. The Hall–Kier alpha value is -1.80. The quantitative estimate of drug-likeness (QED) is 0.785. The summed E-state index contributed by atoms with van der Waals surface area (Å²) in [4.78, 5) is 13.9. The van der Waals surface area contributed by atoms with Gasteiger partial charge in [0.2, 0.25) is 0 Å². The van der Waals surface area contributed by atoms with Crippen molar-refractivity contribution in [1.82, 2.24) is 10.2 Å². The molecule has 5 nitrogen and oxygen atoms in total. The Morgan fingerprint density at radius 1 is 1.19 bits per heavy atom. The predicted molar refractivity (Wildman–Crippen MR) is 95.5 cm³/mol. The second-order valence-corrected chi connectivity index (χ2v) is 7.58. The number of rotatable bonds is 5. The fraction of sp³-hybridized carbons (Fsp3) is 0.632. The van der Waals surface area contributed by atoms with Gasteiger partial charge in [0.1, 0.15) is 11.4 Å². The molecule has 1 aliphatic rings. The minimum atomic E-state index is -4.43. The third kappa shape index (κ3) is 7.38. The van der Waals surface area contributed by atoms with E-state index in [1.165, 1.54) is 6.07 Å². The van der Waals surface area contributed by atoms with Crippen LogP contribution < -0.4 is 10.1 Å². The van der Waals surface area contributed by atoms with Crippen LogP contribution in [0.25, 0.3) is 0 Å². The van der Waals surface area contributed by atoms with E-state index < -0.39 is 23.3 Å². The van der Waals surface area contributed by atoms with Gasteiger partial charge >= 0.3 is 12.1 Å². The number of esters is 1. The van der Waals surface area contributed by atoms with Crippen LogP contribution in [0.15, 0.2) is 18.2 Å². The monoisotopic (exact) mass is 388 g/mol. The molecule has 1 fully saturated rings. The van der Waals surface area contributed by atoms with Crippen LogP contribution in [0.5, 0.6) is 5.75 Å². The molecular weight excluding hydrogens is 361 g/mol. The van der Waals surface area contributed by atoms with Crippen LogP contribution in [-0.2, 0) is 22.3 Å². The first-order chi connectivity index (χ1) is 12.5. The molecular formula is C19H27F3N2O3. The molecule has 0 atom stereocenters. The first-order valence-corrected chi connectivity index (χ1v) is 9.02. The Labute approximate surface area is 157 Å². The maximum absolute atomic E-state index is 13.1. The number of alkyl halides is 3. The van der Waals surface area contributed by atoms with Crippen LogP contribution >= 0.6 is 0 Å². The van der Waals surface area contributed by atoms with E-state index in [2.05, 4.69) is 10.2 Å². The highest BCUT2D eigenvalue weighted by atomic mass is 19.4. The molecule has 0 saturated carbocycles. The lowest BCUT2D eigenvalue weighted by atomic mass is 10.1. The molecule has 1 saturated heterocycles. The van der Waals surface area contributed by atoms with Crippen LogP contribution in [0.2, 0.25) is 0 Å². The highest BCUT2D eigenvalue weighted by Crippen LogP contribution is 2.33. The van der Waals surface area contributed by atoms with E-state index in [1.54, 1.807) is 20.8 Å². The van der Waals surface area contributed by atoms with Gasteiger partial charge in [-0.25, -0.2) is 4.79 Å². The minimum absolute atomic E-state index is 0.270. The summed E-state index contributed by atoms with van der Waals surface area (Å²) >= 11 is 0. The lowest BCUT2D eigenvalue weighted by molar-refractivity contribution is -0.157. The first kappa shape index (κ1) is 21.5. The zero-order chi connectivity index (χ0) is 20.1. The van der Waals surface area contributed by atoms with Crippen molar-refractivity contribution in [2.24, 2.45) is 0 Å². The summed E-state index contributed by atoms with van der Waals surface area (Å²) in [7, 11) is 0. The van der Waals surface area contributed by atoms with Crippen molar-refractivity contribution in [2.75, 3.05) is 32.8 Å². The molecule has 0 spiro atoms. The van der Waals surface area contributed by atoms with Gasteiger partial charge in [-0.1, -0.05) is 0 Å². The minimum Gasteiger partial charge on any atom is -0.482 e. The predicted octanol–water partition coefficient (Wildman–Crippen LogP) is 3.22. The van der Waals surface area contributed by atoms with E-state index in [-0.39, 0.29) is 12.4 Å². The molecule has 1 N–H and O–H groups in total.